The zero-order chi connectivity index (χ0) is 24.3. The highest BCUT2D eigenvalue weighted by Gasteiger charge is 2.38. The summed E-state index contributed by atoms with van der Waals surface area (Å²) in [4.78, 5) is 22.6. The quantitative estimate of drug-likeness (QED) is 0.420. The van der Waals surface area contributed by atoms with E-state index in [4.69, 9.17) is 4.42 Å². The van der Waals surface area contributed by atoms with Crippen molar-refractivity contribution in [2.24, 2.45) is 7.05 Å². The lowest BCUT2D eigenvalue weighted by Gasteiger charge is -2.32. The van der Waals surface area contributed by atoms with Gasteiger partial charge in [0.05, 0.1) is 34.5 Å². The maximum absolute atomic E-state index is 13.6. The van der Waals surface area contributed by atoms with E-state index >= 15 is 0 Å². The molecule has 5 aromatic heterocycles. The molecule has 1 amide bonds. The van der Waals surface area contributed by atoms with Crippen LogP contribution in [0.15, 0.2) is 41.3 Å². The summed E-state index contributed by atoms with van der Waals surface area (Å²) >= 11 is 0. The fourth-order valence-corrected chi connectivity index (χ4v) is 4.52. The second-order valence-corrected chi connectivity index (χ2v) is 8.29. The molecule has 6 heterocycles. The molecule has 11 nitrogen and oxygen atoms in total. The molecule has 1 N–H and O–H groups in total. The van der Waals surface area contributed by atoms with Gasteiger partial charge in [0.1, 0.15) is 6.04 Å². The molecule has 1 atom stereocenters. The van der Waals surface area contributed by atoms with Gasteiger partial charge in [0.25, 0.3) is 12.3 Å². The lowest BCUT2D eigenvalue weighted by Crippen LogP contribution is -2.41. The van der Waals surface area contributed by atoms with Crippen molar-refractivity contribution in [3.8, 4) is 11.5 Å². The minimum absolute atomic E-state index is 0.143. The number of amides is 1. The fourth-order valence-electron chi connectivity index (χ4n) is 4.52. The summed E-state index contributed by atoms with van der Waals surface area (Å²) in [6, 6.07) is 3.71. The maximum Gasteiger partial charge on any atom is 0.312 e. The Morgan fingerprint density at radius 2 is 2.14 bits per heavy atom. The summed E-state index contributed by atoms with van der Waals surface area (Å²) in [5, 5.41) is 16.8. The number of pyridine rings is 1. The largest absolute Gasteiger partial charge is 0.412 e. The molecule has 13 heteroatoms. The van der Waals surface area contributed by atoms with Crippen LogP contribution in [0.3, 0.4) is 0 Å². The number of halogens is 2. The highest BCUT2D eigenvalue weighted by atomic mass is 19.3. The number of imidazole rings is 1. The Balaban J connectivity index is 1.41. The smallest absolute Gasteiger partial charge is 0.312 e. The van der Waals surface area contributed by atoms with Gasteiger partial charge in [-0.1, -0.05) is 0 Å². The summed E-state index contributed by atoms with van der Waals surface area (Å²) in [7, 11) is 1.77. The van der Waals surface area contributed by atoms with E-state index in [1.165, 1.54) is 21.5 Å². The van der Waals surface area contributed by atoms with Gasteiger partial charge in [-0.2, -0.15) is 10.2 Å². The first-order valence-electron chi connectivity index (χ1n) is 10.8. The van der Waals surface area contributed by atoms with Crippen LogP contribution in [0.5, 0.6) is 0 Å². The van der Waals surface area contributed by atoms with Crippen LogP contribution in [-0.4, -0.2) is 56.9 Å². The van der Waals surface area contributed by atoms with Crippen LogP contribution >= 0.6 is 0 Å². The summed E-state index contributed by atoms with van der Waals surface area (Å²) < 4.78 is 35.9. The Bertz CT molecular complexity index is 1560. The van der Waals surface area contributed by atoms with Crippen molar-refractivity contribution in [2.75, 3.05) is 6.54 Å². The van der Waals surface area contributed by atoms with Gasteiger partial charge in [-0.15, -0.1) is 10.2 Å². The average Bonchev–Trinajstić information content (AvgIpc) is 3.62. The van der Waals surface area contributed by atoms with Gasteiger partial charge < -0.3 is 14.3 Å². The number of hydrogen-bond acceptors (Lipinski definition) is 7. The minimum Gasteiger partial charge on any atom is -0.412 e. The summed E-state index contributed by atoms with van der Waals surface area (Å²) in [6.07, 6.45) is 2.72. The van der Waals surface area contributed by atoms with Crippen LogP contribution in [0.4, 0.5) is 8.78 Å². The lowest BCUT2D eigenvalue weighted by atomic mass is 9.99. The van der Waals surface area contributed by atoms with Gasteiger partial charge in [-0.3, -0.25) is 9.48 Å². The molecule has 0 bridgehead atoms. The number of aromatic amines is 1. The molecular weight excluding hydrogens is 460 g/mol. The Hall–Kier alpha value is -4.42. The van der Waals surface area contributed by atoms with E-state index in [2.05, 4.69) is 30.4 Å². The topological polar surface area (TPSA) is 123 Å². The molecule has 6 rings (SSSR count). The third-order valence-electron chi connectivity index (χ3n) is 6.11. The maximum atomic E-state index is 13.6. The van der Waals surface area contributed by atoms with Crippen LogP contribution in [0.25, 0.3) is 17.0 Å². The molecular formula is C22H19F2N9O2. The third kappa shape index (κ3) is 3.38. The number of carbonyl (C=O) groups is 1. The SMILES string of the molecule is Cc1nn(C)cc1-c1nnc(C(=O)N2CCc3[nH]cnc3C2c2cc3c(C(F)F)cccn3n2)o1. The Morgan fingerprint density at radius 1 is 1.29 bits per heavy atom. The normalized spacial score (nSPS) is 15.8. The predicted octanol–water partition coefficient (Wildman–Crippen LogP) is 2.87. The van der Waals surface area contributed by atoms with E-state index in [9.17, 15) is 13.6 Å². The van der Waals surface area contributed by atoms with Crippen molar-refractivity contribution >= 4 is 11.4 Å². The van der Waals surface area contributed by atoms with Gasteiger partial charge in [-0.05, 0) is 25.1 Å². The summed E-state index contributed by atoms with van der Waals surface area (Å²) in [6.45, 7) is 2.12. The molecule has 178 valence electrons. The van der Waals surface area contributed by atoms with Gasteiger partial charge in [0.2, 0.25) is 0 Å². The zero-order valence-electron chi connectivity index (χ0n) is 18.7. The van der Waals surface area contributed by atoms with Crippen LogP contribution in [0, 0.1) is 6.92 Å². The predicted molar refractivity (Wildman–Crippen MR) is 117 cm³/mol. The molecule has 0 saturated carbocycles. The number of nitrogens with zero attached hydrogens (tertiary/aromatic N) is 8. The van der Waals surface area contributed by atoms with E-state index in [0.29, 0.717) is 35.6 Å². The first-order chi connectivity index (χ1) is 16.9. The van der Waals surface area contributed by atoms with Crippen molar-refractivity contribution < 1.29 is 18.0 Å². The van der Waals surface area contributed by atoms with Crippen molar-refractivity contribution in [2.45, 2.75) is 25.8 Å². The van der Waals surface area contributed by atoms with E-state index in [0.717, 1.165) is 5.69 Å². The number of carbonyl (C=O) groups excluding carboxylic acids is 1. The molecule has 0 spiro atoms. The highest BCUT2D eigenvalue weighted by molar-refractivity contribution is 5.90. The Morgan fingerprint density at radius 3 is 2.91 bits per heavy atom. The Labute approximate surface area is 196 Å². The summed E-state index contributed by atoms with van der Waals surface area (Å²) in [5.41, 5.74) is 3.28. The van der Waals surface area contributed by atoms with Crippen molar-refractivity contribution in [3.05, 3.63) is 71.1 Å². The average molecular weight is 479 g/mol. The van der Waals surface area contributed by atoms with E-state index in [-0.39, 0.29) is 22.9 Å². The van der Waals surface area contributed by atoms with Crippen LogP contribution in [0.2, 0.25) is 0 Å². The highest BCUT2D eigenvalue weighted by Crippen LogP contribution is 2.35. The third-order valence-corrected chi connectivity index (χ3v) is 6.11. The number of H-pyrrole nitrogens is 1. The van der Waals surface area contributed by atoms with Crippen LogP contribution in [-0.2, 0) is 13.5 Å². The molecule has 0 saturated heterocycles. The number of nitrogens with one attached hydrogen (secondary N) is 1. The molecule has 35 heavy (non-hydrogen) atoms. The molecule has 0 aromatic carbocycles. The van der Waals surface area contributed by atoms with E-state index in [1.807, 2.05) is 0 Å². The monoisotopic (exact) mass is 479 g/mol. The van der Waals surface area contributed by atoms with E-state index in [1.54, 1.807) is 43.4 Å². The first kappa shape index (κ1) is 21.1. The number of rotatable bonds is 4. The molecule has 5 aromatic rings. The van der Waals surface area contributed by atoms with Gasteiger partial charge >= 0.3 is 11.8 Å². The number of alkyl halides is 2. The van der Waals surface area contributed by atoms with Crippen molar-refractivity contribution in [1.29, 1.82) is 0 Å². The summed E-state index contributed by atoms with van der Waals surface area (Å²) in [5.74, 6) is -0.512. The molecule has 1 aliphatic rings. The Kier molecular flexibility index (Phi) is 4.72. The molecule has 0 radical (unpaired) electrons. The molecule has 0 aliphatic carbocycles. The molecule has 1 aliphatic heterocycles. The van der Waals surface area contributed by atoms with Crippen LogP contribution in [0.1, 0.15) is 51.5 Å². The second kappa shape index (κ2) is 7.82. The fraction of sp³-hybridized carbons (Fsp3) is 0.273. The van der Waals surface area contributed by atoms with Gasteiger partial charge in [0.15, 0.2) is 0 Å². The number of fused-ring (bicyclic) bond motifs is 2. The molecule has 0 fully saturated rings. The van der Waals surface area contributed by atoms with Crippen LogP contribution < -0.4 is 0 Å². The van der Waals surface area contributed by atoms with Crippen molar-refractivity contribution in [3.63, 3.8) is 0 Å². The van der Waals surface area contributed by atoms with Gasteiger partial charge in [0, 0.05) is 43.7 Å². The number of aromatic nitrogens is 8. The molecule has 1 unspecified atom stereocenters. The first-order valence-corrected chi connectivity index (χ1v) is 10.8. The lowest BCUT2D eigenvalue weighted by molar-refractivity contribution is 0.0646. The number of hydrogen-bond donors (Lipinski definition) is 1. The van der Waals surface area contributed by atoms with Crippen molar-refractivity contribution in [1.82, 2.24) is 44.5 Å². The zero-order valence-corrected chi connectivity index (χ0v) is 18.7. The van der Waals surface area contributed by atoms with E-state index < -0.39 is 18.4 Å². The van der Waals surface area contributed by atoms with Gasteiger partial charge in [-0.25, -0.2) is 18.3 Å². The second-order valence-electron chi connectivity index (χ2n) is 8.29. The standard InChI is InChI=1S/C22H19F2N9O2/c1-11-13(9-31(2)29-11)20-27-28-21(35-20)22(34)32-7-5-14-17(26-10-25-14)18(32)15-8-16-12(19(23)24)4-3-6-33(16)30-15/h3-4,6,8-10,18-19H,5,7H2,1-2H3,(H,25,26). The minimum atomic E-state index is -2.67. The number of aryl methyl sites for hydroxylation is 2.